The Balaban J connectivity index is 1.77. The second kappa shape index (κ2) is 18.4. The lowest BCUT2D eigenvalue weighted by Crippen LogP contribution is -2.47. The smallest absolute Gasteiger partial charge is 0.0207 e. The first-order valence-corrected chi connectivity index (χ1v) is 12.2. The SMILES string of the molecule is C1CNCCNCCC(CN2CCCNCCNCCCNCC2)NCCNC1. The van der Waals surface area contributed by atoms with Crippen LogP contribution in [0.2, 0.25) is 0 Å². The maximum Gasteiger partial charge on any atom is 0.0207 e. The Morgan fingerprint density at radius 1 is 0.483 bits per heavy atom. The predicted octanol–water partition coefficient (Wildman–Crippen LogP) is -1.63. The molecule has 8 nitrogen and oxygen atoms in total. The second-order valence-electron chi connectivity index (χ2n) is 8.30. The van der Waals surface area contributed by atoms with Crippen LogP contribution in [0.15, 0.2) is 0 Å². The molecule has 2 fully saturated rings. The number of hydrogen-bond donors (Lipinski definition) is 7. The fourth-order valence-electron chi connectivity index (χ4n) is 3.95. The molecule has 2 saturated heterocycles. The molecule has 0 aliphatic carbocycles. The van der Waals surface area contributed by atoms with Gasteiger partial charge < -0.3 is 42.1 Å². The van der Waals surface area contributed by atoms with Crippen molar-refractivity contribution in [3.05, 3.63) is 0 Å². The largest absolute Gasteiger partial charge is 0.315 e. The summed E-state index contributed by atoms with van der Waals surface area (Å²) in [5.74, 6) is 0. The molecule has 1 atom stereocenters. The average molecular weight is 413 g/mol. The average Bonchev–Trinajstić information content (AvgIpc) is 2.73. The van der Waals surface area contributed by atoms with Gasteiger partial charge in [-0.2, -0.15) is 0 Å². The highest BCUT2D eigenvalue weighted by atomic mass is 15.2. The molecule has 2 aliphatic heterocycles. The molecular formula is C21H48N8. The van der Waals surface area contributed by atoms with Crippen LogP contribution in [0, 0.1) is 0 Å². The summed E-state index contributed by atoms with van der Waals surface area (Å²) in [6.45, 7) is 17.6. The summed E-state index contributed by atoms with van der Waals surface area (Å²) >= 11 is 0. The molecule has 0 aromatic heterocycles. The van der Waals surface area contributed by atoms with Crippen LogP contribution in [0.3, 0.4) is 0 Å². The summed E-state index contributed by atoms with van der Waals surface area (Å²) in [4.78, 5) is 2.66. The Morgan fingerprint density at radius 2 is 1.00 bits per heavy atom. The van der Waals surface area contributed by atoms with Crippen LogP contribution in [0.25, 0.3) is 0 Å². The predicted molar refractivity (Wildman–Crippen MR) is 124 cm³/mol. The van der Waals surface area contributed by atoms with Crippen molar-refractivity contribution < 1.29 is 0 Å². The van der Waals surface area contributed by atoms with Gasteiger partial charge in [0.2, 0.25) is 0 Å². The first-order valence-electron chi connectivity index (χ1n) is 12.2. The Hall–Kier alpha value is -0.320. The van der Waals surface area contributed by atoms with Gasteiger partial charge in [-0.25, -0.2) is 0 Å². The Labute approximate surface area is 179 Å². The zero-order chi connectivity index (χ0) is 20.2. The summed E-state index contributed by atoms with van der Waals surface area (Å²) < 4.78 is 0. The van der Waals surface area contributed by atoms with Crippen LogP contribution in [0.1, 0.15) is 25.7 Å². The number of nitrogens with one attached hydrogen (secondary N) is 7. The Bertz CT molecular complexity index is 298. The molecule has 0 saturated carbocycles. The van der Waals surface area contributed by atoms with E-state index in [2.05, 4.69) is 42.1 Å². The van der Waals surface area contributed by atoms with Crippen LogP contribution in [-0.4, -0.2) is 116 Å². The number of rotatable bonds is 2. The Kier molecular flexibility index (Phi) is 15.9. The van der Waals surface area contributed by atoms with Crippen LogP contribution in [0.4, 0.5) is 0 Å². The first kappa shape index (κ1) is 24.9. The zero-order valence-electron chi connectivity index (χ0n) is 18.7. The normalized spacial score (nSPS) is 27.5. The molecule has 2 heterocycles. The molecular weight excluding hydrogens is 364 g/mol. The molecule has 0 aromatic carbocycles. The van der Waals surface area contributed by atoms with Gasteiger partial charge in [-0.1, -0.05) is 0 Å². The fourth-order valence-corrected chi connectivity index (χ4v) is 3.95. The molecule has 0 spiro atoms. The van der Waals surface area contributed by atoms with E-state index in [1.165, 1.54) is 32.2 Å². The molecule has 2 aliphatic rings. The van der Waals surface area contributed by atoms with Crippen molar-refractivity contribution in [2.24, 2.45) is 0 Å². The molecule has 0 bridgehead atoms. The summed E-state index contributed by atoms with van der Waals surface area (Å²) in [6, 6.07) is 0.552. The second-order valence-corrected chi connectivity index (χ2v) is 8.30. The lowest BCUT2D eigenvalue weighted by molar-refractivity contribution is 0.231. The third-order valence-corrected chi connectivity index (χ3v) is 5.69. The van der Waals surface area contributed by atoms with Crippen LogP contribution in [0.5, 0.6) is 0 Å². The highest BCUT2D eigenvalue weighted by Crippen LogP contribution is 1.99. The van der Waals surface area contributed by atoms with E-state index in [1.807, 2.05) is 0 Å². The van der Waals surface area contributed by atoms with Crippen molar-refractivity contribution in [1.82, 2.24) is 42.1 Å². The molecule has 7 N–H and O–H groups in total. The monoisotopic (exact) mass is 412 g/mol. The van der Waals surface area contributed by atoms with Gasteiger partial charge in [-0.05, 0) is 71.5 Å². The first-order chi connectivity index (χ1) is 14.4. The van der Waals surface area contributed by atoms with E-state index < -0.39 is 0 Å². The lowest BCUT2D eigenvalue weighted by Gasteiger charge is -2.29. The van der Waals surface area contributed by atoms with Gasteiger partial charge in [0.1, 0.15) is 0 Å². The van der Waals surface area contributed by atoms with Crippen LogP contribution in [-0.2, 0) is 0 Å². The van der Waals surface area contributed by atoms with Crippen molar-refractivity contribution >= 4 is 0 Å². The highest BCUT2D eigenvalue weighted by Gasteiger charge is 2.14. The third-order valence-electron chi connectivity index (χ3n) is 5.69. The number of nitrogens with zero attached hydrogens (tertiary/aromatic N) is 1. The molecule has 29 heavy (non-hydrogen) atoms. The van der Waals surface area contributed by atoms with Crippen molar-refractivity contribution in [2.45, 2.75) is 31.7 Å². The molecule has 2 rings (SSSR count). The Morgan fingerprint density at radius 3 is 1.66 bits per heavy atom. The third kappa shape index (κ3) is 14.3. The zero-order valence-corrected chi connectivity index (χ0v) is 18.7. The van der Waals surface area contributed by atoms with Gasteiger partial charge in [-0.15, -0.1) is 0 Å². The van der Waals surface area contributed by atoms with E-state index in [1.54, 1.807) is 0 Å². The van der Waals surface area contributed by atoms with E-state index in [4.69, 9.17) is 0 Å². The van der Waals surface area contributed by atoms with Gasteiger partial charge in [0, 0.05) is 64.9 Å². The molecule has 0 amide bonds. The minimum atomic E-state index is 0.552. The maximum absolute atomic E-state index is 3.82. The van der Waals surface area contributed by atoms with Crippen LogP contribution < -0.4 is 37.2 Å². The van der Waals surface area contributed by atoms with E-state index in [9.17, 15) is 0 Å². The molecule has 1 unspecified atom stereocenters. The van der Waals surface area contributed by atoms with Gasteiger partial charge in [0.15, 0.2) is 0 Å². The van der Waals surface area contributed by atoms with Crippen LogP contribution >= 0.6 is 0 Å². The topological polar surface area (TPSA) is 87.5 Å². The fraction of sp³-hybridized carbons (Fsp3) is 1.00. The van der Waals surface area contributed by atoms with Crippen molar-refractivity contribution in [2.75, 3.05) is 105 Å². The van der Waals surface area contributed by atoms with Crippen molar-refractivity contribution in [3.8, 4) is 0 Å². The van der Waals surface area contributed by atoms with E-state index in [0.717, 1.165) is 98.2 Å². The quantitative estimate of drug-likeness (QED) is 0.291. The van der Waals surface area contributed by atoms with E-state index in [0.29, 0.717) is 6.04 Å². The summed E-state index contributed by atoms with van der Waals surface area (Å²) in [5.41, 5.74) is 0. The minimum Gasteiger partial charge on any atom is -0.315 e. The highest BCUT2D eigenvalue weighted by molar-refractivity contribution is 4.76. The van der Waals surface area contributed by atoms with Gasteiger partial charge in [-0.3, -0.25) is 0 Å². The summed E-state index contributed by atoms with van der Waals surface area (Å²) in [6.07, 6.45) is 4.82. The van der Waals surface area contributed by atoms with Crippen molar-refractivity contribution in [1.29, 1.82) is 0 Å². The van der Waals surface area contributed by atoms with Gasteiger partial charge >= 0.3 is 0 Å². The summed E-state index contributed by atoms with van der Waals surface area (Å²) in [5, 5.41) is 25.2. The minimum absolute atomic E-state index is 0.552. The summed E-state index contributed by atoms with van der Waals surface area (Å²) in [7, 11) is 0. The number of hydrogen-bond acceptors (Lipinski definition) is 8. The van der Waals surface area contributed by atoms with E-state index >= 15 is 0 Å². The molecule has 0 aromatic rings. The maximum atomic E-state index is 3.82. The lowest BCUT2D eigenvalue weighted by atomic mass is 10.1. The van der Waals surface area contributed by atoms with E-state index in [-0.39, 0.29) is 0 Å². The molecule has 8 heteroatoms. The molecule has 172 valence electrons. The van der Waals surface area contributed by atoms with Crippen molar-refractivity contribution in [3.63, 3.8) is 0 Å². The standard InChI is InChI=1S/C21H48N8/c1-5-23-13-14-27-10-4-21(28-16-15-24-7-1)20-29-18-3-9-25-12-11-22-6-2-8-26-17-19-29/h21-28H,1-20H2. The van der Waals surface area contributed by atoms with Gasteiger partial charge in [0.05, 0.1) is 0 Å². The van der Waals surface area contributed by atoms with Gasteiger partial charge in [0.25, 0.3) is 0 Å². The molecule has 0 radical (unpaired) electrons.